The minimum absolute atomic E-state index is 0. The first-order valence-electron chi connectivity index (χ1n) is 0.454. The highest BCUT2D eigenvalue weighted by molar-refractivity contribution is 9.17. The lowest BCUT2D eigenvalue weighted by atomic mass is 11.9. The summed E-state index contributed by atoms with van der Waals surface area (Å²) in [5, 5.41) is 0.562. The van der Waals surface area contributed by atoms with Gasteiger partial charge in [-0.15, -0.1) is 0 Å². The van der Waals surface area contributed by atoms with Gasteiger partial charge < -0.3 is 0 Å². The molecule has 26 valence electrons. The zero-order valence-corrected chi connectivity index (χ0v) is 2.95. The largest absolute Gasteiger partial charge is 0.290 e. The van der Waals surface area contributed by atoms with Gasteiger partial charge >= 0.3 is 0 Å². The second kappa shape index (κ2) is 11.0. The van der Waals surface area contributed by atoms with Crippen LogP contribution in [0.1, 0.15) is 7.43 Å². The third-order valence-corrected chi connectivity index (χ3v) is 0. The van der Waals surface area contributed by atoms with E-state index in [0.29, 0.717) is 5.20 Å². The number of hydrogen-bond donors (Lipinski definition) is 0. The summed E-state index contributed by atoms with van der Waals surface area (Å²) in [5.41, 5.74) is 0. The Balaban J connectivity index is 0. The number of halogens is 1. The quantitative estimate of drug-likeness (QED) is 0.351. The third-order valence-electron chi connectivity index (χ3n) is 0. The van der Waals surface area contributed by atoms with Gasteiger partial charge in [-0.05, 0) is 15.9 Å². The van der Waals surface area contributed by atoms with Crippen LogP contribution >= 0.6 is 15.9 Å². The summed E-state index contributed by atoms with van der Waals surface area (Å²) in [7, 11) is 0. The first kappa shape index (κ1) is 8.91. The molecule has 0 amide bonds. The van der Waals surface area contributed by atoms with E-state index in [1.807, 2.05) is 0 Å². The monoisotopic (exact) mass is 124 g/mol. The van der Waals surface area contributed by atoms with Crippen molar-refractivity contribution >= 4 is 21.1 Å². The smallest absolute Gasteiger partial charge is 0.185 e. The van der Waals surface area contributed by atoms with Crippen molar-refractivity contribution in [1.29, 1.82) is 0 Å². The van der Waals surface area contributed by atoms with Crippen LogP contribution < -0.4 is 0 Å². The molecule has 4 heavy (non-hydrogen) atoms. The molecule has 0 saturated carbocycles. The fraction of sp³-hybridized carbons (Fsp3) is 0.500. The van der Waals surface area contributed by atoms with Crippen LogP contribution in [-0.4, -0.2) is 5.20 Å². The van der Waals surface area contributed by atoms with Gasteiger partial charge in [0.2, 0.25) is 0 Å². The van der Waals surface area contributed by atoms with Gasteiger partial charge in [0.1, 0.15) is 0 Å². The van der Waals surface area contributed by atoms with Crippen LogP contribution in [0, 0.1) is 0 Å². The third kappa shape index (κ3) is 126. The Morgan fingerprint density at radius 2 is 1.75 bits per heavy atom. The lowest BCUT2D eigenvalue weighted by molar-refractivity contribution is 0.571. The molecule has 0 atom stereocenters. The minimum Gasteiger partial charge on any atom is -0.290 e. The Kier molecular flexibility index (Phi) is 24.5. The van der Waals surface area contributed by atoms with E-state index >= 15 is 0 Å². The van der Waals surface area contributed by atoms with Crippen LogP contribution in [0.2, 0.25) is 0 Å². The maximum atomic E-state index is 8.72. The molecule has 0 aromatic carbocycles. The summed E-state index contributed by atoms with van der Waals surface area (Å²) in [6, 6.07) is 0. The van der Waals surface area contributed by atoms with Crippen molar-refractivity contribution in [3.8, 4) is 0 Å². The molecular weight excluding hydrogens is 120 g/mol. The Labute approximate surface area is 34.1 Å². The van der Waals surface area contributed by atoms with Crippen molar-refractivity contribution in [1.82, 2.24) is 0 Å². The predicted molar refractivity (Wildman–Crippen MR) is 22.4 cm³/mol. The van der Waals surface area contributed by atoms with Crippen molar-refractivity contribution in [3.05, 3.63) is 0 Å². The fourth-order valence-electron chi connectivity index (χ4n) is 0. The van der Waals surface area contributed by atoms with E-state index < -0.39 is 0 Å². The molecule has 0 heterocycles. The maximum Gasteiger partial charge on any atom is 0.185 e. The highest BCUT2D eigenvalue weighted by Gasteiger charge is 1.28. The fourth-order valence-corrected chi connectivity index (χ4v) is 0. The molecule has 0 aromatic rings. The molecule has 1 nitrogen and oxygen atoms in total. The average molecular weight is 125 g/mol. The van der Waals surface area contributed by atoms with E-state index in [1.54, 1.807) is 0 Å². The first-order chi connectivity index (χ1) is 1.41. The zero-order chi connectivity index (χ0) is 2.71. The van der Waals surface area contributed by atoms with Gasteiger partial charge in [-0.1, -0.05) is 7.43 Å². The molecule has 0 fully saturated rings. The van der Waals surface area contributed by atoms with E-state index in [1.165, 1.54) is 0 Å². The molecule has 0 N–H and O–H groups in total. The molecule has 0 bridgehead atoms. The Morgan fingerprint density at radius 3 is 1.75 bits per heavy atom. The summed E-state index contributed by atoms with van der Waals surface area (Å²) < 4.78 is 0. The van der Waals surface area contributed by atoms with Crippen LogP contribution in [0.15, 0.2) is 0 Å². The van der Waals surface area contributed by atoms with Crippen molar-refractivity contribution in [2.75, 3.05) is 0 Å². The van der Waals surface area contributed by atoms with E-state index in [4.69, 9.17) is 4.79 Å². The molecular formula is C2H5BrO. The van der Waals surface area contributed by atoms with Gasteiger partial charge in [-0.2, -0.15) is 0 Å². The summed E-state index contributed by atoms with van der Waals surface area (Å²) in [5.74, 6) is 0. The highest BCUT2D eigenvalue weighted by atomic mass is 79.9. The molecule has 0 rings (SSSR count). The molecule has 0 radical (unpaired) electrons. The molecule has 0 aromatic heterocycles. The summed E-state index contributed by atoms with van der Waals surface area (Å²) in [6.07, 6.45) is 0. The van der Waals surface area contributed by atoms with E-state index in [0.717, 1.165) is 0 Å². The maximum absolute atomic E-state index is 8.72. The molecule has 0 aliphatic carbocycles. The van der Waals surface area contributed by atoms with Crippen LogP contribution in [0.25, 0.3) is 0 Å². The van der Waals surface area contributed by atoms with E-state index in [9.17, 15) is 0 Å². The van der Waals surface area contributed by atoms with Gasteiger partial charge in [-0.3, -0.25) is 4.79 Å². The summed E-state index contributed by atoms with van der Waals surface area (Å²) in [6.45, 7) is 0. The number of carbonyl (C=O) groups excluding carboxylic acids is 1. The normalized spacial score (nSPS) is 3.25. The average Bonchev–Trinajstić information content (AvgIpc) is 0.918. The molecule has 0 aliphatic heterocycles. The Morgan fingerprint density at radius 1 is 1.75 bits per heavy atom. The van der Waals surface area contributed by atoms with Gasteiger partial charge in [0.15, 0.2) is 5.20 Å². The van der Waals surface area contributed by atoms with Gasteiger partial charge in [0.25, 0.3) is 0 Å². The van der Waals surface area contributed by atoms with Crippen molar-refractivity contribution in [2.45, 2.75) is 7.43 Å². The Bertz CT molecular complexity index is 13.5. The van der Waals surface area contributed by atoms with Crippen LogP contribution in [0.5, 0.6) is 0 Å². The van der Waals surface area contributed by atoms with Crippen LogP contribution in [0.3, 0.4) is 0 Å². The summed E-state index contributed by atoms with van der Waals surface area (Å²) >= 11 is 2.47. The molecule has 0 aliphatic rings. The highest BCUT2D eigenvalue weighted by Crippen LogP contribution is 1.52. The first-order valence-corrected chi connectivity index (χ1v) is 1.37. The van der Waals surface area contributed by atoms with Crippen molar-refractivity contribution in [2.24, 2.45) is 0 Å². The van der Waals surface area contributed by atoms with Crippen LogP contribution in [0.4, 0.5) is 0 Å². The molecule has 0 unspecified atom stereocenters. The molecule has 2 heteroatoms. The second-order valence-corrected chi connectivity index (χ2v) is 0.463. The number of hydrogen-bond acceptors (Lipinski definition) is 1. The van der Waals surface area contributed by atoms with Crippen LogP contribution in [-0.2, 0) is 4.79 Å². The second-order valence-electron chi connectivity index (χ2n) is 0.0891. The minimum atomic E-state index is 0. The Hall–Kier alpha value is 0.150. The number of rotatable bonds is 0. The standard InChI is InChI=1S/CHBrO.CH4/c2-1-3;/h1H;1H4. The number of carbonyl (C=O) groups is 1. The predicted octanol–water partition coefficient (Wildman–Crippen LogP) is 1.21. The lowest BCUT2D eigenvalue weighted by Crippen LogP contribution is -1.22. The zero-order valence-electron chi connectivity index (χ0n) is 1.36. The van der Waals surface area contributed by atoms with E-state index in [2.05, 4.69) is 15.9 Å². The lowest BCUT2D eigenvalue weighted by Gasteiger charge is -1.20. The van der Waals surface area contributed by atoms with Crippen molar-refractivity contribution < 1.29 is 4.79 Å². The van der Waals surface area contributed by atoms with Gasteiger partial charge in [0.05, 0.1) is 0 Å². The summed E-state index contributed by atoms with van der Waals surface area (Å²) in [4.78, 5) is 8.72. The van der Waals surface area contributed by atoms with Gasteiger partial charge in [-0.25, -0.2) is 0 Å². The SMILES string of the molecule is C.O=CBr. The molecule has 0 saturated heterocycles. The van der Waals surface area contributed by atoms with Crippen molar-refractivity contribution in [3.63, 3.8) is 0 Å². The van der Waals surface area contributed by atoms with Gasteiger partial charge in [0, 0.05) is 0 Å². The molecule has 0 spiro atoms. The van der Waals surface area contributed by atoms with E-state index in [-0.39, 0.29) is 7.43 Å². The topological polar surface area (TPSA) is 17.1 Å².